The van der Waals surface area contributed by atoms with Crippen LogP contribution >= 0.6 is 0 Å². The van der Waals surface area contributed by atoms with Crippen LogP contribution in [0.4, 0.5) is 5.69 Å². The second kappa shape index (κ2) is 2.37. The van der Waals surface area contributed by atoms with Gasteiger partial charge in [-0.2, -0.15) is 0 Å². The Bertz CT molecular complexity index is 323. The van der Waals surface area contributed by atoms with Crippen LogP contribution in [0, 0.1) is 6.57 Å². The maximum Gasteiger partial charge on any atom is 0.340 e. The van der Waals surface area contributed by atoms with Crippen molar-refractivity contribution in [2.24, 2.45) is 0 Å². The van der Waals surface area contributed by atoms with Crippen molar-refractivity contribution < 1.29 is 0 Å². The predicted octanol–water partition coefficient (Wildman–Crippen LogP) is 1.88. The minimum absolute atomic E-state index is 0.854. The Morgan fingerprint density at radius 1 is 1.27 bits per heavy atom. The van der Waals surface area contributed by atoms with Crippen molar-refractivity contribution in [1.82, 2.24) is 5.32 Å². The zero-order chi connectivity index (χ0) is 7.68. The summed E-state index contributed by atoms with van der Waals surface area (Å²) in [5.74, 6) is 0. The highest BCUT2D eigenvalue weighted by Gasteiger charge is 2.12. The normalized spacial score (nSPS) is 14.1. The topological polar surface area (TPSA) is 16.4 Å². The molecule has 0 atom stereocenters. The maximum atomic E-state index is 5.15. The smallest absolute Gasteiger partial charge is 0.309 e. The van der Waals surface area contributed by atoms with Crippen LogP contribution < -0.4 is 5.32 Å². The monoisotopic (exact) mass is 145 g/mol. The Hall–Kier alpha value is -1.33. The van der Waals surface area contributed by atoms with E-state index in [4.69, 9.17) is 6.57 Å². The lowest BCUT2D eigenvalue weighted by molar-refractivity contribution is 0.765. The maximum absolute atomic E-state index is 5.15. The number of hydrogen-bond acceptors (Lipinski definition) is 1. The van der Waals surface area contributed by atoms with Crippen LogP contribution in [0.2, 0.25) is 0 Å². The number of rotatable bonds is 0. The highest BCUT2D eigenvalue weighted by Crippen LogP contribution is 2.21. The molecule has 0 bridgehead atoms. The molecule has 1 aromatic carbocycles. The van der Waals surface area contributed by atoms with E-state index < -0.39 is 0 Å². The second-order valence-electron chi connectivity index (χ2n) is 2.69. The molecule has 0 saturated carbocycles. The fourth-order valence-electron chi connectivity index (χ4n) is 1.36. The van der Waals surface area contributed by atoms with Gasteiger partial charge in [0.1, 0.15) is 0 Å². The number of benzene rings is 1. The van der Waals surface area contributed by atoms with Crippen molar-refractivity contribution in [3.05, 3.63) is 34.2 Å². The fourth-order valence-corrected chi connectivity index (χ4v) is 1.36. The molecule has 0 spiro atoms. The molecule has 1 aliphatic heterocycles. The molecule has 1 aromatic rings. The molecule has 54 valence electrons. The molecule has 2 rings (SSSR count). The van der Waals surface area contributed by atoms with E-state index in [1.54, 1.807) is 0 Å². The minimum atomic E-state index is 0.854. The molecule has 2 nitrogen and oxygen atoms in total. The molecule has 0 radical (unpaired) electrons. The van der Waals surface area contributed by atoms with Gasteiger partial charge >= 0.3 is 5.69 Å². The fraction of sp³-hybridized carbons (Fsp3) is 0.222. The van der Waals surface area contributed by atoms with Crippen LogP contribution in [0.3, 0.4) is 0 Å². The molecule has 0 amide bonds. The van der Waals surface area contributed by atoms with Gasteiger partial charge in [0.25, 0.3) is 6.57 Å². The van der Waals surface area contributed by atoms with Crippen molar-refractivity contribution >= 4 is 5.69 Å². The van der Waals surface area contributed by atoms with Crippen LogP contribution in [0.25, 0.3) is 4.85 Å². The van der Waals surface area contributed by atoms with Crippen molar-refractivity contribution in [3.63, 3.8) is 0 Å². The van der Waals surface area contributed by atoms with Gasteiger partial charge in [0, 0.05) is 25.2 Å². The number of hydrogen-bond donors (Lipinski definition) is 1. The largest absolute Gasteiger partial charge is 0.340 e. The first-order chi connectivity index (χ1) is 5.40. The molecule has 0 unspecified atom stereocenters. The van der Waals surface area contributed by atoms with Crippen LogP contribution in [0.1, 0.15) is 11.1 Å². The summed E-state index contributed by atoms with van der Waals surface area (Å²) in [5, 5.41) is 3.26. The summed E-state index contributed by atoms with van der Waals surface area (Å²) in [4.78, 5) is 3.62. The predicted molar refractivity (Wildman–Crippen MR) is 44.9 cm³/mol. The Labute approximate surface area is 65.7 Å². The van der Waals surface area contributed by atoms with Gasteiger partial charge in [-0.3, -0.25) is 0 Å². The van der Waals surface area contributed by atoms with Crippen LogP contribution in [-0.4, -0.2) is 0 Å². The highest BCUT2D eigenvalue weighted by atomic mass is 14.9. The van der Waals surface area contributed by atoms with Crippen molar-refractivity contribution in [2.75, 3.05) is 0 Å². The molecule has 1 N–H and O–H groups in total. The third-order valence-corrected chi connectivity index (χ3v) is 1.97. The van der Waals surface area contributed by atoms with Crippen molar-refractivity contribution in [1.29, 1.82) is 0 Å². The first-order valence-electron chi connectivity index (χ1n) is 3.63. The van der Waals surface area contributed by atoms with Crippen LogP contribution in [0.15, 0.2) is 18.2 Å². The molecule has 0 saturated heterocycles. The van der Waals surface area contributed by atoms with Gasteiger partial charge in [0.2, 0.25) is 0 Å². The van der Waals surface area contributed by atoms with Gasteiger partial charge in [-0.1, -0.05) is 0 Å². The second-order valence-corrected chi connectivity index (χ2v) is 2.69. The molecule has 0 aliphatic carbocycles. The molecular weight excluding hydrogens is 136 g/mol. The Morgan fingerprint density at radius 2 is 2.09 bits per heavy atom. The number of nitrogens with one attached hydrogen (secondary N) is 1. The number of fused-ring (bicyclic) bond motifs is 1. The Kier molecular flexibility index (Phi) is 1.38. The van der Waals surface area contributed by atoms with Crippen LogP contribution in [-0.2, 0) is 13.1 Å². The van der Waals surface area contributed by atoms with E-state index in [-0.39, 0.29) is 0 Å². The van der Waals surface area contributed by atoms with Gasteiger partial charge in [-0.15, -0.1) is 0 Å². The van der Waals surface area contributed by atoms with Gasteiger partial charge in [0.05, 0.1) is 0 Å². The summed E-state index contributed by atoms with van der Waals surface area (Å²) in [5.41, 5.74) is 3.53. The van der Waals surface area contributed by atoms with Gasteiger partial charge in [0.15, 0.2) is 0 Å². The Balaban J connectivity index is 2.51. The first-order valence-corrected chi connectivity index (χ1v) is 3.63. The molecule has 0 aromatic heterocycles. The van der Waals surface area contributed by atoms with Gasteiger partial charge in [-0.25, -0.2) is 0 Å². The van der Waals surface area contributed by atoms with E-state index in [0.717, 1.165) is 18.8 Å². The zero-order valence-electron chi connectivity index (χ0n) is 6.17. The standard InChI is InChI=1S/C9H9N2/c1-10-9-3-2-7-5-11-6-8(7)4-9/h1-4,11H,5-6H2/q+1. The molecule has 0 fully saturated rings. The molecule has 1 aliphatic rings. The third kappa shape index (κ3) is 0.997. The summed E-state index contributed by atoms with van der Waals surface area (Å²) in [6.07, 6.45) is 0. The van der Waals surface area contributed by atoms with E-state index in [0.29, 0.717) is 0 Å². The first kappa shape index (κ1) is 6.38. The molecular formula is C9H9N2+. The van der Waals surface area contributed by atoms with Gasteiger partial charge in [-0.05, 0) is 22.0 Å². The lowest BCUT2D eigenvalue weighted by atomic mass is 10.1. The van der Waals surface area contributed by atoms with Crippen LogP contribution in [0.5, 0.6) is 0 Å². The average molecular weight is 145 g/mol. The summed E-state index contributed by atoms with van der Waals surface area (Å²) < 4.78 is 0. The van der Waals surface area contributed by atoms with E-state index in [1.807, 2.05) is 12.1 Å². The van der Waals surface area contributed by atoms with E-state index in [1.165, 1.54) is 11.1 Å². The third-order valence-electron chi connectivity index (χ3n) is 1.97. The molecule has 1 heterocycles. The quantitative estimate of drug-likeness (QED) is 0.589. The average Bonchev–Trinajstić information content (AvgIpc) is 2.50. The molecule has 11 heavy (non-hydrogen) atoms. The SMILES string of the molecule is C#[N+]c1ccc2c(c1)CNC2. The summed E-state index contributed by atoms with van der Waals surface area (Å²) >= 11 is 0. The van der Waals surface area contributed by atoms with Crippen molar-refractivity contribution in [2.45, 2.75) is 13.1 Å². The van der Waals surface area contributed by atoms with Gasteiger partial charge < -0.3 is 5.32 Å². The van der Waals surface area contributed by atoms with E-state index in [2.05, 4.69) is 16.2 Å². The summed E-state index contributed by atoms with van der Waals surface area (Å²) in [7, 11) is 0. The van der Waals surface area contributed by atoms with Crippen molar-refractivity contribution in [3.8, 4) is 6.57 Å². The lowest BCUT2D eigenvalue weighted by Gasteiger charge is -1.91. The number of nitrogens with zero attached hydrogens (tertiary/aromatic N) is 1. The Morgan fingerprint density at radius 3 is 2.91 bits per heavy atom. The summed E-state index contributed by atoms with van der Waals surface area (Å²) in [6.45, 7) is 7.06. The minimum Gasteiger partial charge on any atom is -0.309 e. The lowest BCUT2D eigenvalue weighted by Crippen LogP contribution is -1.99. The van der Waals surface area contributed by atoms with E-state index in [9.17, 15) is 0 Å². The highest BCUT2D eigenvalue weighted by molar-refractivity contribution is 5.50. The summed E-state index contributed by atoms with van der Waals surface area (Å²) in [6, 6.07) is 6.03. The molecule has 2 heteroatoms. The zero-order valence-corrected chi connectivity index (χ0v) is 6.17. The van der Waals surface area contributed by atoms with E-state index >= 15 is 0 Å².